The van der Waals surface area contributed by atoms with Gasteiger partial charge in [-0.05, 0) is 32.0 Å². The number of amides is 2. The van der Waals surface area contributed by atoms with E-state index < -0.39 is 0 Å². The first-order chi connectivity index (χ1) is 13.0. The minimum atomic E-state index is -0.352. The van der Waals surface area contributed by atoms with Crippen LogP contribution in [0.15, 0.2) is 48.5 Å². The lowest BCUT2D eigenvalue weighted by molar-refractivity contribution is -0.120. The van der Waals surface area contributed by atoms with E-state index in [9.17, 15) is 9.59 Å². The zero-order chi connectivity index (χ0) is 19.4. The van der Waals surface area contributed by atoms with E-state index in [1.165, 1.54) is 11.3 Å². The molecule has 0 aliphatic carbocycles. The second kappa shape index (κ2) is 8.41. The fraction of sp³-hybridized carbons (Fsp3) is 0.200. The molecular formula is C20H20ClN3O2S. The Morgan fingerprint density at radius 2 is 1.81 bits per heavy atom. The fourth-order valence-corrected chi connectivity index (χ4v) is 4.08. The van der Waals surface area contributed by atoms with Gasteiger partial charge < -0.3 is 5.32 Å². The van der Waals surface area contributed by atoms with Crippen LogP contribution in [0.25, 0.3) is 10.1 Å². The molecule has 1 aromatic heterocycles. The van der Waals surface area contributed by atoms with Gasteiger partial charge in [0.2, 0.25) is 0 Å². The van der Waals surface area contributed by atoms with Crippen molar-refractivity contribution in [3.8, 4) is 0 Å². The first-order valence-corrected chi connectivity index (χ1v) is 9.78. The molecule has 140 valence electrons. The van der Waals surface area contributed by atoms with Crippen molar-refractivity contribution in [3.05, 3.63) is 64.0 Å². The van der Waals surface area contributed by atoms with Gasteiger partial charge >= 0.3 is 0 Å². The maximum absolute atomic E-state index is 12.4. The largest absolute Gasteiger partial charge is 0.342 e. The molecule has 2 amide bonds. The van der Waals surface area contributed by atoms with Crippen LogP contribution in [0.1, 0.15) is 22.2 Å². The van der Waals surface area contributed by atoms with Gasteiger partial charge in [0, 0.05) is 16.6 Å². The Bertz CT molecular complexity index is 969. The van der Waals surface area contributed by atoms with Crippen molar-refractivity contribution < 1.29 is 9.59 Å². The lowest BCUT2D eigenvalue weighted by Gasteiger charge is -2.24. The smallest absolute Gasteiger partial charge is 0.263 e. The number of carbonyl (C=O) groups excluding carboxylic acids is 2. The summed E-state index contributed by atoms with van der Waals surface area (Å²) in [5, 5.41) is 5.64. The molecule has 0 unspecified atom stereocenters. The molecule has 2 aromatic carbocycles. The van der Waals surface area contributed by atoms with Gasteiger partial charge in [-0.15, -0.1) is 11.3 Å². The van der Waals surface area contributed by atoms with Crippen LogP contribution in [0.2, 0.25) is 5.02 Å². The highest BCUT2D eigenvalue weighted by molar-refractivity contribution is 7.21. The van der Waals surface area contributed by atoms with Gasteiger partial charge in [0.15, 0.2) is 0 Å². The summed E-state index contributed by atoms with van der Waals surface area (Å²) < 4.78 is 0.939. The third-order valence-electron chi connectivity index (χ3n) is 4.07. The maximum Gasteiger partial charge on any atom is 0.263 e. The van der Waals surface area contributed by atoms with Crippen molar-refractivity contribution in [2.24, 2.45) is 0 Å². The summed E-state index contributed by atoms with van der Waals surface area (Å²) in [7, 11) is 0. The van der Waals surface area contributed by atoms with Crippen molar-refractivity contribution in [2.75, 3.05) is 18.1 Å². The van der Waals surface area contributed by atoms with Crippen molar-refractivity contribution in [1.82, 2.24) is 10.7 Å². The molecule has 1 heterocycles. The Morgan fingerprint density at radius 3 is 2.48 bits per heavy atom. The summed E-state index contributed by atoms with van der Waals surface area (Å²) in [6.07, 6.45) is 0. The second-order valence-corrected chi connectivity index (χ2v) is 7.47. The van der Waals surface area contributed by atoms with Crippen molar-refractivity contribution >= 4 is 50.5 Å². The number of carbonyl (C=O) groups is 2. The van der Waals surface area contributed by atoms with E-state index in [0.29, 0.717) is 16.4 Å². The van der Waals surface area contributed by atoms with Gasteiger partial charge in [0.25, 0.3) is 11.8 Å². The molecule has 0 atom stereocenters. The molecule has 0 spiro atoms. The van der Waals surface area contributed by atoms with Crippen molar-refractivity contribution in [2.45, 2.75) is 13.8 Å². The Kier molecular flexibility index (Phi) is 5.98. The first-order valence-electron chi connectivity index (χ1n) is 8.58. The summed E-state index contributed by atoms with van der Waals surface area (Å²) in [6, 6.07) is 15.4. The van der Waals surface area contributed by atoms with Gasteiger partial charge in [-0.25, -0.2) is 0 Å². The predicted molar refractivity (Wildman–Crippen MR) is 112 cm³/mol. The summed E-state index contributed by atoms with van der Waals surface area (Å²) in [5.74, 6) is -0.655. The van der Waals surface area contributed by atoms with E-state index in [4.69, 9.17) is 11.6 Å². The summed E-state index contributed by atoms with van der Waals surface area (Å²) in [6.45, 7) is 4.42. The number of benzene rings is 2. The molecule has 3 aromatic rings. The van der Waals surface area contributed by atoms with Crippen LogP contribution in [0.4, 0.5) is 5.69 Å². The molecule has 5 nitrogen and oxygen atoms in total. The SMILES string of the molecule is CCN(NC(=O)CNC(=O)c1sc2ccccc2c1Cl)c1ccc(C)cc1. The Hall–Kier alpha value is -2.57. The highest BCUT2D eigenvalue weighted by Gasteiger charge is 2.18. The zero-order valence-electron chi connectivity index (χ0n) is 15.1. The monoisotopic (exact) mass is 401 g/mol. The summed E-state index contributed by atoms with van der Waals surface area (Å²) in [4.78, 5) is 25.1. The number of hydrogen-bond donors (Lipinski definition) is 2. The number of nitrogens with zero attached hydrogens (tertiary/aromatic N) is 1. The van der Waals surface area contributed by atoms with Crippen molar-refractivity contribution in [1.29, 1.82) is 0 Å². The summed E-state index contributed by atoms with van der Waals surface area (Å²) in [5.41, 5.74) is 4.83. The quantitative estimate of drug-likeness (QED) is 0.610. The van der Waals surface area contributed by atoms with Crippen LogP contribution >= 0.6 is 22.9 Å². The minimum absolute atomic E-state index is 0.133. The molecule has 0 saturated heterocycles. The van der Waals surface area contributed by atoms with E-state index in [0.717, 1.165) is 21.3 Å². The molecule has 0 bridgehead atoms. The molecule has 3 rings (SSSR count). The number of fused-ring (bicyclic) bond motifs is 1. The van der Waals surface area contributed by atoms with Gasteiger partial charge in [-0.3, -0.25) is 20.0 Å². The van der Waals surface area contributed by atoms with E-state index in [1.807, 2.05) is 62.4 Å². The van der Waals surface area contributed by atoms with Gasteiger partial charge in [0.1, 0.15) is 4.88 Å². The Morgan fingerprint density at radius 1 is 1.11 bits per heavy atom. The van der Waals surface area contributed by atoms with Crippen LogP contribution in [-0.2, 0) is 4.79 Å². The number of thiophene rings is 1. The normalized spacial score (nSPS) is 10.6. The number of hydrogen-bond acceptors (Lipinski definition) is 4. The van der Waals surface area contributed by atoms with Crippen LogP contribution in [0, 0.1) is 6.92 Å². The molecular weight excluding hydrogens is 382 g/mol. The van der Waals surface area contributed by atoms with Crippen LogP contribution in [0.5, 0.6) is 0 Å². The van der Waals surface area contributed by atoms with E-state index in [1.54, 1.807) is 5.01 Å². The molecule has 0 saturated carbocycles. The zero-order valence-corrected chi connectivity index (χ0v) is 16.7. The average Bonchev–Trinajstić information content (AvgIpc) is 3.02. The number of aryl methyl sites for hydroxylation is 1. The number of rotatable bonds is 6. The van der Waals surface area contributed by atoms with Crippen molar-refractivity contribution in [3.63, 3.8) is 0 Å². The maximum atomic E-state index is 12.4. The third kappa shape index (κ3) is 4.40. The van der Waals surface area contributed by atoms with Gasteiger partial charge in [-0.1, -0.05) is 47.5 Å². The molecule has 27 heavy (non-hydrogen) atoms. The summed E-state index contributed by atoms with van der Waals surface area (Å²) >= 11 is 7.62. The number of nitrogens with one attached hydrogen (secondary N) is 2. The third-order valence-corrected chi connectivity index (χ3v) is 5.75. The molecule has 0 radical (unpaired) electrons. The lowest BCUT2D eigenvalue weighted by atomic mass is 10.2. The van der Waals surface area contributed by atoms with Crippen LogP contribution in [-0.4, -0.2) is 24.9 Å². The molecule has 0 aliphatic heterocycles. The van der Waals surface area contributed by atoms with Crippen LogP contribution < -0.4 is 15.8 Å². The molecule has 2 N–H and O–H groups in total. The number of anilines is 1. The molecule has 7 heteroatoms. The van der Waals surface area contributed by atoms with Gasteiger partial charge in [-0.2, -0.15) is 0 Å². The number of halogens is 1. The van der Waals surface area contributed by atoms with Gasteiger partial charge in [0.05, 0.1) is 17.3 Å². The highest BCUT2D eigenvalue weighted by Crippen LogP contribution is 2.34. The first kappa shape index (κ1) is 19.2. The molecule has 0 aliphatic rings. The Balaban J connectivity index is 1.61. The highest BCUT2D eigenvalue weighted by atomic mass is 35.5. The topological polar surface area (TPSA) is 61.4 Å². The standard InChI is InChI=1S/C20H20ClN3O2S/c1-3-24(14-10-8-13(2)9-11-14)23-17(25)12-22-20(26)19-18(21)15-6-4-5-7-16(15)27-19/h4-11H,3,12H2,1-2H3,(H,22,26)(H,23,25). The predicted octanol–water partition coefficient (Wildman–Crippen LogP) is 4.15. The Labute approximate surface area is 166 Å². The van der Waals surface area contributed by atoms with E-state index in [2.05, 4.69) is 10.7 Å². The van der Waals surface area contributed by atoms with E-state index in [-0.39, 0.29) is 18.4 Å². The second-order valence-electron chi connectivity index (χ2n) is 6.04. The van der Waals surface area contributed by atoms with Crippen LogP contribution in [0.3, 0.4) is 0 Å². The number of hydrazine groups is 1. The fourth-order valence-electron chi connectivity index (χ4n) is 2.64. The average molecular weight is 402 g/mol. The van der Waals surface area contributed by atoms with E-state index >= 15 is 0 Å². The minimum Gasteiger partial charge on any atom is -0.342 e. The molecule has 0 fully saturated rings. The lowest BCUT2D eigenvalue weighted by Crippen LogP contribution is -2.46.